The lowest BCUT2D eigenvalue weighted by atomic mass is 10.5. The van der Waals surface area contributed by atoms with Crippen LogP contribution in [0.25, 0.3) is 0 Å². The zero-order valence-electron chi connectivity index (χ0n) is 3.19. The van der Waals surface area contributed by atoms with Crippen LogP contribution in [0.2, 0.25) is 0 Å². The van der Waals surface area contributed by atoms with Crippen LogP contribution in [0.15, 0.2) is 0 Å². The summed E-state index contributed by atoms with van der Waals surface area (Å²) in [7, 11) is 0. The Morgan fingerprint density at radius 3 is 2.00 bits per heavy atom. The van der Waals surface area contributed by atoms with Crippen LogP contribution in [0.3, 0.4) is 0 Å². The van der Waals surface area contributed by atoms with Crippen molar-refractivity contribution >= 4 is 45.2 Å². The number of hydrogen-bond donors (Lipinski definition) is 1. The molecule has 0 heterocycles. The minimum absolute atomic E-state index is 0.316. The van der Waals surface area contributed by atoms with E-state index in [1.165, 1.54) is 0 Å². The van der Waals surface area contributed by atoms with Crippen molar-refractivity contribution in [3.63, 3.8) is 0 Å². The van der Waals surface area contributed by atoms with E-state index in [1.807, 2.05) is 0 Å². The Kier molecular flexibility index (Phi) is 5.66. The van der Waals surface area contributed by atoms with Gasteiger partial charge in [-0.3, -0.25) is 0 Å². The van der Waals surface area contributed by atoms with E-state index in [2.05, 4.69) is 45.2 Å². The molecule has 0 aliphatic heterocycles. The minimum Gasteiger partial charge on any atom is -0.396 e. The molecular weight excluding hydrogens is 306 g/mol. The third kappa shape index (κ3) is 5.42. The zero-order valence-corrected chi connectivity index (χ0v) is 7.51. The molecule has 0 radical (unpaired) electrons. The first-order valence-corrected chi connectivity index (χ1v) is 4.15. The summed E-state index contributed by atoms with van der Waals surface area (Å²) in [5.74, 6) is 0. The predicted molar refractivity (Wildman–Crippen MR) is 43.5 cm³/mol. The number of aliphatic hydroxyl groups is 1. The molecule has 0 aliphatic rings. The van der Waals surface area contributed by atoms with E-state index in [1.54, 1.807) is 0 Å². The van der Waals surface area contributed by atoms with E-state index < -0.39 is 0 Å². The molecule has 0 amide bonds. The molecular formula is C3H6I2O. The molecule has 0 unspecified atom stereocenters. The first kappa shape index (κ1) is 7.42. The molecule has 0 aromatic rings. The van der Waals surface area contributed by atoms with E-state index in [4.69, 9.17) is 5.11 Å². The summed E-state index contributed by atoms with van der Waals surface area (Å²) in [5, 5.41) is 8.23. The van der Waals surface area contributed by atoms with Gasteiger partial charge in [-0.25, -0.2) is 0 Å². The van der Waals surface area contributed by atoms with Crippen molar-refractivity contribution in [3.05, 3.63) is 0 Å². The number of alkyl halides is 2. The van der Waals surface area contributed by atoms with Gasteiger partial charge >= 0.3 is 0 Å². The van der Waals surface area contributed by atoms with Crippen molar-refractivity contribution < 1.29 is 5.11 Å². The molecule has 0 spiro atoms. The highest BCUT2D eigenvalue weighted by atomic mass is 127. The lowest BCUT2D eigenvalue weighted by Crippen LogP contribution is -1.87. The Bertz CT molecular complexity index is 30.0. The van der Waals surface area contributed by atoms with Crippen molar-refractivity contribution in [2.24, 2.45) is 0 Å². The van der Waals surface area contributed by atoms with E-state index >= 15 is 0 Å². The average Bonchev–Trinajstić information content (AvgIpc) is 1.35. The van der Waals surface area contributed by atoms with Crippen LogP contribution >= 0.6 is 45.2 Å². The minimum atomic E-state index is 0.316. The third-order valence-electron chi connectivity index (χ3n) is 0.347. The van der Waals surface area contributed by atoms with Crippen molar-refractivity contribution in [2.75, 3.05) is 6.61 Å². The second-order valence-electron chi connectivity index (χ2n) is 0.903. The topological polar surface area (TPSA) is 20.2 Å². The van der Waals surface area contributed by atoms with Gasteiger partial charge in [-0.2, -0.15) is 0 Å². The highest BCUT2D eigenvalue weighted by molar-refractivity contribution is 14.2. The fourth-order valence-electron chi connectivity index (χ4n) is 0.0976. The third-order valence-corrected chi connectivity index (χ3v) is 1.59. The summed E-state index contributed by atoms with van der Waals surface area (Å²) in [4.78, 5) is 0. The van der Waals surface area contributed by atoms with Crippen molar-refractivity contribution in [3.8, 4) is 0 Å². The summed E-state index contributed by atoms with van der Waals surface area (Å²) in [6.07, 6.45) is 0.904. The number of rotatable bonds is 2. The van der Waals surface area contributed by atoms with E-state index in [-0.39, 0.29) is 0 Å². The summed E-state index contributed by atoms with van der Waals surface area (Å²) in [6.45, 7) is 0.316. The van der Waals surface area contributed by atoms with Gasteiger partial charge in [-0.1, -0.05) is 45.2 Å². The highest BCUT2D eigenvalue weighted by Gasteiger charge is 1.91. The van der Waals surface area contributed by atoms with Crippen molar-refractivity contribution in [1.82, 2.24) is 0 Å². The second kappa shape index (κ2) is 4.58. The van der Waals surface area contributed by atoms with E-state index in [9.17, 15) is 0 Å². The summed E-state index contributed by atoms with van der Waals surface area (Å²) >= 11 is 4.54. The summed E-state index contributed by atoms with van der Waals surface area (Å²) in [5.41, 5.74) is 0. The van der Waals surface area contributed by atoms with Gasteiger partial charge in [0, 0.05) is 6.61 Å². The Morgan fingerprint density at radius 1 is 1.50 bits per heavy atom. The van der Waals surface area contributed by atoms with Crippen LogP contribution in [-0.4, -0.2) is 13.6 Å². The van der Waals surface area contributed by atoms with Gasteiger partial charge in [0.25, 0.3) is 0 Å². The molecule has 1 N–H and O–H groups in total. The maximum atomic E-state index is 8.23. The van der Waals surface area contributed by atoms with Gasteiger partial charge in [0.2, 0.25) is 0 Å². The predicted octanol–water partition coefficient (Wildman–Crippen LogP) is 1.56. The molecule has 0 aromatic carbocycles. The van der Waals surface area contributed by atoms with Crippen LogP contribution in [-0.2, 0) is 0 Å². The van der Waals surface area contributed by atoms with E-state index in [0.29, 0.717) is 8.54 Å². The van der Waals surface area contributed by atoms with Crippen molar-refractivity contribution in [2.45, 2.75) is 8.35 Å². The van der Waals surface area contributed by atoms with Crippen molar-refractivity contribution in [1.29, 1.82) is 0 Å². The molecule has 6 heavy (non-hydrogen) atoms. The first-order chi connectivity index (χ1) is 2.77. The summed E-state index contributed by atoms with van der Waals surface area (Å²) < 4.78 is 0.588. The maximum Gasteiger partial charge on any atom is 0.0648 e. The Labute approximate surface area is 64.8 Å². The SMILES string of the molecule is OCCC(I)I. The van der Waals surface area contributed by atoms with Gasteiger partial charge in [-0.05, 0) is 6.42 Å². The highest BCUT2D eigenvalue weighted by Crippen LogP contribution is 2.12. The number of aliphatic hydroxyl groups excluding tert-OH is 1. The molecule has 0 aliphatic carbocycles. The molecule has 0 aromatic heterocycles. The van der Waals surface area contributed by atoms with Gasteiger partial charge in [-0.15, -0.1) is 0 Å². The molecule has 38 valence electrons. The van der Waals surface area contributed by atoms with Crippen LogP contribution < -0.4 is 0 Å². The van der Waals surface area contributed by atoms with E-state index in [0.717, 1.165) is 6.42 Å². The molecule has 0 saturated heterocycles. The van der Waals surface area contributed by atoms with Gasteiger partial charge in [0.05, 0.1) is 1.93 Å². The number of hydrogen-bond acceptors (Lipinski definition) is 1. The standard InChI is InChI=1S/C3H6I2O/c4-3(5)1-2-6/h3,6H,1-2H2. The largest absolute Gasteiger partial charge is 0.396 e. The van der Waals surface area contributed by atoms with Gasteiger partial charge in [0.1, 0.15) is 0 Å². The quantitative estimate of drug-likeness (QED) is 0.606. The molecule has 0 rings (SSSR count). The maximum absolute atomic E-state index is 8.23. The smallest absolute Gasteiger partial charge is 0.0648 e. The lowest BCUT2D eigenvalue weighted by molar-refractivity contribution is 0.296. The molecule has 3 heteroatoms. The summed E-state index contributed by atoms with van der Waals surface area (Å²) in [6, 6.07) is 0. The Morgan fingerprint density at radius 2 is 2.00 bits per heavy atom. The fourth-order valence-corrected chi connectivity index (χ4v) is 0.655. The first-order valence-electron chi connectivity index (χ1n) is 1.66. The van der Waals surface area contributed by atoms with Gasteiger partial charge in [0.15, 0.2) is 0 Å². The molecule has 0 bridgehead atoms. The monoisotopic (exact) mass is 312 g/mol. The molecule has 0 fully saturated rings. The van der Waals surface area contributed by atoms with Crippen LogP contribution in [0.5, 0.6) is 0 Å². The molecule has 1 nitrogen and oxygen atoms in total. The fraction of sp³-hybridized carbons (Fsp3) is 1.00. The second-order valence-corrected chi connectivity index (χ2v) is 6.29. The molecule has 0 saturated carbocycles. The Hall–Kier alpha value is 1.42. The van der Waals surface area contributed by atoms with Gasteiger partial charge < -0.3 is 5.11 Å². The lowest BCUT2D eigenvalue weighted by Gasteiger charge is -1.91. The zero-order chi connectivity index (χ0) is 4.99. The van der Waals surface area contributed by atoms with Crippen LogP contribution in [0, 0.1) is 0 Å². The normalized spacial score (nSPS) is 10.0. The molecule has 0 atom stereocenters. The van der Waals surface area contributed by atoms with Crippen LogP contribution in [0.1, 0.15) is 6.42 Å². The Balaban J connectivity index is 2.63. The number of halogens is 2. The van der Waals surface area contributed by atoms with Crippen LogP contribution in [0.4, 0.5) is 0 Å². The average molecular weight is 312 g/mol.